The Bertz CT molecular complexity index is 604. The van der Waals surface area contributed by atoms with Crippen LogP contribution in [0.1, 0.15) is 34.6 Å². The van der Waals surface area contributed by atoms with Crippen molar-refractivity contribution in [2.75, 3.05) is 0 Å². The van der Waals surface area contributed by atoms with E-state index in [2.05, 4.69) is 24.4 Å². The van der Waals surface area contributed by atoms with E-state index < -0.39 is 6.23 Å². The summed E-state index contributed by atoms with van der Waals surface area (Å²) in [5, 5.41) is 2.87. The lowest BCUT2D eigenvalue weighted by atomic mass is 10.1. The van der Waals surface area contributed by atoms with Gasteiger partial charge in [-0.2, -0.15) is 0 Å². The second-order valence-electron chi connectivity index (χ2n) is 4.56. The molecule has 2 aromatic carbocycles. The number of amides is 1. The number of para-hydroxylation sites is 1. The van der Waals surface area contributed by atoms with Crippen molar-refractivity contribution in [3.05, 3.63) is 65.2 Å². The van der Waals surface area contributed by atoms with Crippen molar-refractivity contribution in [1.82, 2.24) is 5.32 Å². The van der Waals surface area contributed by atoms with E-state index in [0.29, 0.717) is 11.3 Å². The number of ether oxygens (including phenoxy) is 1. The van der Waals surface area contributed by atoms with Crippen LogP contribution < -0.4 is 10.1 Å². The average Bonchev–Trinajstić information content (AvgIpc) is 2.47. The molecule has 0 saturated carbocycles. The van der Waals surface area contributed by atoms with Gasteiger partial charge < -0.3 is 10.1 Å². The van der Waals surface area contributed by atoms with Crippen LogP contribution in [0.4, 0.5) is 0 Å². The fourth-order valence-corrected chi connectivity index (χ4v) is 2.19. The molecule has 3 nitrogen and oxygen atoms in total. The third kappa shape index (κ3) is 2.19. The molecule has 3 heteroatoms. The fourth-order valence-electron chi connectivity index (χ4n) is 2.19. The number of benzene rings is 2. The molecule has 0 aliphatic carbocycles. The molecule has 1 aliphatic heterocycles. The molecule has 1 N–H and O–H groups in total. The minimum Gasteiger partial charge on any atom is -0.466 e. The minimum atomic E-state index is -0.409. The SMILES string of the molecule is CCc1ccc([C@@H]2NC(=O)c3ccccc3O2)cc1. The van der Waals surface area contributed by atoms with Crippen LogP contribution in [-0.2, 0) is 6.42 Å². The Morgan fingerprint density at radius 3 is 2.58 bits per heavy atom. The van der Waals surface area contributed by atoms with E-state index in [0.717, 1.165) is 12.0 Å². The first-order valence-corrected chi connectivity index (χ1v) is 6.43. The van der Waals surface area contributed by atoms with Crippen LogP contribution >= 0.6 is 0 Å². The summed E-state index contributed by atoms with van der Waals surface area (Å²) in [6, 6.07) is 15.4. The molecule has 0 unspecified atom stereocenters. The highest BCUT2D eigenvalue weighted by atomic mass is 16.5. The van der Waals surface area contributed by atoms with Gasteiger partial charge in [-0.1, -0.05) is 43.3 Å². The molecule has 0 spiro atoms. The topological polar surface area (TPSA) is 38.3 Å². The summed E-state index contributed by atoms with van der Waals surface area (Å²) in [5.41, 5.74) is 2.82. The summed E-state index contributed by atoms with van der Waals surface area (Å²) in [5.74, 6) is 0.544. The highest BCUT2D eigenvalue weighted by molar-refractivity contribution is 5.97. The predicted molar refractivity (Wildman–Crippen MR) is 73.1 cm³/mol. The maximum Gasteiger partial charge on any atom is 0.258 e. The standard InChI is InChI=1S/C16H15NO2/c1-2-11-7-9-12(10-8-11)16-17-15(18)13-5-3-4-6-14(13)19-16/h3-10,16H,2H2,1H3,(H,17,18)/t16-/m1/s1. The number of hydrogen-bond donors (Lipinski definition) is 1. The highest BCUT2D eigenvalue weighted by Crippen LogP contribution is 2.28. The fraction of sp³-hybridized carbons (Fsp3) is 0.188. The normalized spacial score (nSPS) is 17.3. The number of carbonyl (C=O) groups excluding carboxylic acids is 1. The number of nitrogens with one attached hydrogen (secondary N) is 1. The second kappa shape index (κ2) is 4.76. The molecular weight excluding hydrogens is 238 g/mol. The van der Waals surface area contributed by atoms with Crippen molar-refractivity contribution < 1.29 is 9.53 Å². The van der Waals surface area contributed by atoms with Gasteiger partial charge in [0.2, 0.25) is 0 Å². The Kier molecular flexibility index (Phi) is 2.95. The second-order valence-corrected chi connectivity index (χ2v) is 4.56. The molecule has 1 amide bonds. The maximum absolute atomic E-state index is 12.0. The van der Waals surface area contributed by atoms with Crippen LogP contribution in [-0.4, -0.2) is 5.91 Å². The monoisotopic (exact) mass is 253 g/mol. The minimum absolute atomic E-state index is 0.0913. The van der Waals surface area contributed by atoms with E-state index in [-0.39, 0.29) is 5.91 Å². The molecule has 19 heavy (non-hydrogen) atoms. The van der Waals surface area contributed by atoms with E-state index in [4.69, 9.17) is 4.74 Å². The van der Waals surface area contributed by atoms with Crippen molar-refractivity contribution in [2.45, 2.75) is 19.6 Å². The molecule has 96 valence electrons. The van der Waals surface area contributed by atoms with E-state index in [9.17, 15) is 4.79 Å². The van der Waals surface area contributed by atoms with Gasteiger partial charge in [-0.25, -0.2) is 0 Å². The number of aryl methyl sites for hydroxylation is 1. The van der Waals surface area contributed by atoms with Crippen LogP contribution in [0.25, 0.3) is 0 Å². The van der Waals surface area contributed by atoms with Crippen LogP contribution in [0.5, 0.6) is 5.75 Å². The zero-order valence-corrected chi connectivity index (χ0v) is 10.7. The number of fused-ring (bicyclic) bond motifs is 1. The molecule has 3 rings (SSSR count). The Hall–Kier alpha value is -2.29. The molecule has 0 bridgehead atoms. The van der Waals surface area contributed by atoms with Crippen LogP contribution in [0.15, 0.2) is 48.5 Å². The van der Waals surface area contributed by atoms with Gasteiger partial charge in [-0.15, -0.1) is 0 Å². The third-order valence-electron chi connectivity index (χ3n) is 3.33. The lowest BCUT2D eigenvalue weighted by molar-refractivity contribution is 0.0756. The van der Waals surface area contributed by atoms with Gasteiger partial charge in [-0.3, -0.25) is 4.79 Å². The van der Waals surface area contributed by atoms with Gasteiger partial charge in [-0.05, 0) is 24.1 Å². The Labute approximate surface area is 112 Å². The number of rotatable bonds is 2. The van der Waals surface area contributed by atoms with Crippen molar-refractivity contribution in [3.63, 3.8) is 0 Å². The smallest absolute Gasteiger partial charge is 0.258 e. The summed E-state index contributed by atoms with van der Waals surface area (Å²) in [6.07, 6.45) is 0.592. The summed E-state index contributed by atoms with van der Waals surface area (Å²) in [6.45, 7) is 2.12. The molecule has 0 radical (unpaired) electrons. The number of carbonyl (C=O) groups is 1. The number of hydrogen-bond acceptors (Lipinski definition) is 2. The quantitative estimate of drug-likeness (QED) is 0.893. The maximum atomic E-state index is 12.0. The predicted octanol–water partition coefficient (Wildman–Crippen LogP) is 3.07. The Balaban J connectivity index is 1.90. The zero-order valence-electron chi connectivity index (χ0n) is 10.7. The van der Waals surface area contributed by atoms with Crippen LogP contribution in [0.2, 0.25) is 0 Å². The average molecular weight is 253 g/mol. The van der Waals surface area contributed by atoms with Crippen molar-refractivity contribution in [2.24, 2.45) is 0 Å². The first-order chi connectivity index (χ1) is 9.28. The summed E-state index contributed by atoms with van der Waals surface area (Å²) < 4.78 is 5.83. The summed E-state index contributed by atoms with van der Waals surface area (Å²) >= 11 is 0. The summed E-state index contributed by atoms with van der Waals surface area (Å²) in [7, 11) is 0. The van der Waals surface area contributed by atoms with Gasteiger partial charge in [0.25, 0.3) is 5.91 Å². The van der Waals surface area contributed by atoms with E-state index in [1.54, 1.807) is 6.07 Å². The van der Waals surface area contributed by atoms with Gasteiger partial charge in [0, 0.05) is 5.56 Å². The Morgan fingerprint density at radius 2 is 1.84 bits per heavy atom. The van der Waals surface area contributed by atoms with E-state index in [1.807, 2.05) is 30.3 Å². The summed E-state index contributed by atoms with van der Waals surface area (Å²) in [4.78, 5) is 12.0. The molecule has 0 saturated heterocycles. The lowest BCUT2D eigenvalue weighted by Crippen LogP contribution is -2.36. The highest BCUT2D eigenvalue weighted by Gasteiger charge is 2.25. The Morgan fingerprint density at radius 1 is 1.11 bits per heavy atom. The molecule has 1 atom stereocenters. The van der Waals surface area contributed by atoms with Gasteiger partial charge >= 0.3 is 0 Å². The van der Waals surface area contributed by atoms with Gasteiger partial charge in [0.05, 0.1) is 5.56 Å². The van der Waals surface area contributed by atoms with Crippen molar-refractivity contribution in [3.8, 4) is 5.75 Å². The van der Waals surface area contributed by atoms with Crippen LogP contribution in [0.3, 0.4) is 0 Å². The van der Waals surface area contributed by atoms with Crippen molar-refractivity contribution >= 4 is 5.91 Å². The lowest BCUT2D eigenvalue weighted by Gasteiger charge is -2.27. The van der Waals surface area contributed by atoms with Gasteiger partial charge in [0.1, 0.15) is 5.75 Å². The molecule has 0 aromatic heterocycles. The van der Waals surface area contributed by atoms with Gasteiger partial charge in [0.15, 0.2) is 6.23 Å². The largest absolute Gasteiger partial charge is 0.466 e. The molecule has 2 aromatic rings. The zero-order chi connectivity index (χ0) is 13.2. The molecule has 1 heterocycles. The molecule has 0 fully saturated rings. The van der Waals surface area contributed by atoms with Crippen molar-refractivity contribution in [1.29, 1.82) is 0 Å². The van der Waals surface area contributed by atoms with E-state index >= 15 is 0 Å². The van der Waals surface area contributed by atoms with E-state index in [1.165, 1.54) is 5.56 Å². The first-order valence-electron chi connectivity index (χ1n) is 6.43. The molecule has 1 aliphatic rings. The van der Waals surface area contributed by atoms with Crippen LogP contribution in [0, 0.1) is 0 Å². The third-order valence-corrected chi connectivity index (χ3v) is 3.33. The molecular formula is C16H15NO2. The first kappa shape index (κ1) is 11.8.